The van der Waals surface area contributed by atoms with Crippen LogP contribution in [0.5, 0.6) is 5.75 Å². The van der Waals surface area contributed by atoms with Crippen molar-refractivity contribution >= 4 is 44.9 Å². The molecule has 6 heteroatoms. The summed E-state index contributed by atoms with van der Waals surface area (Å²) in [5.41, 5.74) is 2.45. The fourth-order valence-corrected chi connectivity index (χ4v) is 2.93. The van der Waals surface area contributed by atoms with Gasteiger partial charge in [-0.3, -0.25) is 10.1 Å². The van der Waals surface area contributed by atoms with E-state index in [-0.39, 0.29) is 11.0 Å². The van der Waals surface area contributed by atoms with Gasteiger partial charge in [-0.2, -0.15) is 0 Å². The molecule has 0 radical (unpaired) electrons. The van der Waals surface area contributed by atoms with Gasteiger partial charge in [-0.15, -0.1) is 0 Å². The Hall–Kier alpha value is -1.92. The Kier molecular flexibility index (Phi) is 7.60. The van der Waals surface area contributed by atoms with E-state index in [0.29, 0.717) is 18.1 Å². The van der Waals surface area contributed by atoms with Crippen LogP contribution >= 0.6 is 28.1 Å². The lowest BCUT2D eigenvalue weighted by Crippen LogP contribution is -2.34. The van der Waals surface area contributed by atoms with E-state index in [1.165, 1.54) is 0 Å². The summed E-state index contributed by atoms with van der Waals surface area (Å²) in [4.78, 5) is 12.4. The number of benzene rings is 2. The van der Waals surface area contributed by atoms with Crippen LogP contribution in [0.4, 0.5) is 5.69 Å². The van der Waals surface area contributed by atoms with Crippen LogP contribution < -0.4 is 15.4 Å². The second-order valence-corrected chi connectivity index (χ2v) is 7.72. The van der Waals surface area contributed by atoms with Crippen LogP contribution in [0.15, 0.2) is 46.9 Å². The SMILES string of the molecule is Cc1cccc(NC(=S)NC(=O)c2ccc(OCCC(C)C)c(Br)c2)c1. The third-order valence-corrected chi connectivity index (χ3v) is 4.47. The number of hydrogen-bond acceptors (Lipinski definition) is 3. The topological polar surface area (TPSA) is 50.4 Å². The summed E-state index contributed by atoms with van der Waals surface area (Å²) in [6.07, 6.45) is 0.980. The van der Waals surface area contributed by atoms with Crippen LogP contribution in [0.1, 0.15) is 36.2 Å². The molecule has 0 atom stereocenters. The highest BCUT2D eigenvalue weighted by Crippen LogP contribution is 2.26. The molecule has 0 saturated carbocycles. The first-order valence-electron chi connectivity index (χ1n) is 8.46. The Morgan fingerprint density at radius 1 is 1.23 bits per heavy atom. The van der Waals surface area contributed by atoms with Gasteiger partial charge in [-0.1, -0.05) is 26.0 Å². The Labute approximate surface area is 168 Å². The van der Waals surface area contributed by atoms with E-state index >= 15 is 0 Å². The molecular formula is C20H23BrN2O2S. The van der Waals surface area contributed by atoms with Crippen LogP contribution in [0.3, 0.4) is 0 Å². The fourth-order valence-electron chi connectivity index (χ4n) is 2.22. The highest BCUT2D eigenvalue weighted by Gasteiger charge is 2.11. The van der Waals surface area contributed by atoms with Gasteiger partial charge < -0.3 is 10.1 Å². The van der Waals surface area contributed by atoms with E-state index in [2.05, 4.69) is 40.4 Å². The Bertz CT molecular complexity index is 793. The maximum absolute atomic E-state index is 12.4. The molecule has 0 heterocycles. The van der Waals surface area contributed by atoms with Crippen molar-refractivity contribution in [1.29, 1.82) is 0 Å². The minimum atomic E-state index is -0.274. The number of thiocarbonyl (C=S) groups is 1. The van der Waals surface area contributed by atoms with Crippen molar-refractivity contribution in [2.75, 3.05) is 11.9 Å². The summed E-state index contributed by atoms with van der Waals surface area (Å²) >= 11 is 8.67. The second kappa shape index (κ2) is 9.69. The third-order valence-electron chi connectivity index (χ3n) is 3.65. The first-order chi connectivity index (χ1) is 12.3. The van der Waals surface area contributed by atoms with E-state index in [9.17, 15) is 4.79 Å². The van der Waals surface area contributed by atoms with E-state index in [1.54, 1.807) is 18.2 Å². The molecule has 0 unspecified atom stereocenters. The molecule has 26 heavy (non-hydrogen) atoms. The van der Waals surface area contributed by atoms with Crippen molar-refractivity contribution in [2.45, 2.75) is 27.2 Å². The zero-order chi connectivity index (χ0) is 19.1. The molecule has 0 bridgehead atoms. The number of amides is 1. The van der Waals surface area contributed by atoms with Gasteiger partial charge in [0.05, 0.1) is 11.1 Å². The molecule has 2 N–H and O–H groups in total. The maximum atomic E-state index is 12.4. The van der Waals surface area contributed by atoms with Crippen LogP contribution in [0.2, 0.25) is 0 Å². The van der Waals surface area contributed by atoms with Gasteiger partial charge in [0.2, 0.25) is 0 Å². The molecule has 0 spiro atoms. The summed E-state index contributed by atoms with van der Waals surface area (Å²) in [6.45, 7) is 6.94. The monoisotopic (exact) mass is 434 g/mol. The molecule has 2 aromatic carbocycles. The van der Waals surface area contributed by atoms with Crippen molar-refractivity contribution < 1.29 is 9.53 Å². The number of aryl methyl sites for hydroxylation is 1. The van der Waals surface area contributed by atoms with Crippen molar-refractivity contribution in [2.24, 2.45) is 5.92 Å². The molecule has 0 aromatic heterocycles. The predicted octanol–water partition coefficient (Wildman–Crippen LogP) is 5.31. The molecule has 1 amide bonds. The van der Waals surface area contributed by atoms with Crippen LogP contribution in [-0.2, 0) is 0 Å². The Morgan fingerprint density at radius 2 is 2.00 bits per heavy atom. The standard InChI is InChI=1S/C20H23BrN2O2S/c1-13(2)9-10-25-18-8-7-15(12-17(18)21)19(24)23-20(26)22-16-6-4-5-14(3)11-16/h4-8,11-13H,9-10H2,1-3H3,(H2,22,23,24,26). The van der Waals surface area contributed by atoms with Gasteiger partial charge in [-0.25, -0.2) is 0 Å². The number of halogens is 1. The number of ether oxygens (including phenoxy) is 1. The number of nitrogens with one attached hydrogen (secondary N) is 2. The average Bonchev–Trinajstić information content (AvgIpc) is 2.55. The summed E-state index contributed by atoms with van der Waals surface area (Å²) in [7, 11) is 0. The maximum Gasteiger partial charge on any atom is 0.257 e. The van der Waals surface area contributed by atoms with Crippen LogP contribution in [0.25, 0.3) is 0 Å². The van der Waals surface area contributed by atoms with E-state index < -0.39 is 0 Å². The highest BCUT2D eigenvalue weighted by molar-refractivity contribution is 9.10. The third kappa shape index (κ3) is 6.42. The molecular weight excluding hydrogens is 412 g/mol. The van der Waals surface area contributed by atoms with E-state index in [4.69, 9.17) is 17.0 Å². The Morgan fingerprint density at radius 3 is 2.65 bits per heavy atom. The predicted molar refractivity (Wildman–Crippen MR) is 114 cm³/mol. The van der Waals surface area contributed by atoms with Gasteiger partial charge in [0.1, 0.15) is 5.75 Å². The zero-order valence-electron chi connectivity index (χ0n) is 15.1. The smallest absolute Gasteiger partial charge is 0.257 e. The number of carbonyl (C=O) groups excluding carboxylic acids is 1. The Balaban J connectivity index is 1.94. The van der Waals surface area contributed by atoms with Crippen LogP contribution in [-0.4, -0.2) is 17.6 Å². The highest BCUT2D eigenvalue weighted by atomic mass is 79.9. The molecule has 4 nitrogen and oxygen atoms in total. The van der Waals surface area contributed by atoms with Gasteiger partial charge in [-0.05, 0) is 83.3 Å². The van der Waals surface area contributed by atoms with Gasteiger partial charge in [0, 0.05) is 11.3 Å². The summed E-state index contributed by atoms with van der Waals surface area (Å²) in [5.74, 6) is 1.04. The summed E-state index contributed by atoms with van der Waals surface area (Å²) in [6, 6.07) is 13.0. The molecule has 0 aliphatic carbocycles. The molecule has 138 valence electrons. The van der Waals surface area contributed by atoms with Crippen LogP contribution in [0, 0.1) is 12.8 Å². The van der Waals surface area contributed by atoms with E-state index in [1.807, 2.05) is 31.2 Å². The normalized spacial score (nSPS) is 10.5. The number of carbonyl (C=O) groups is 1. The summed E-state index contributed by atoms with van der Waals surface area (Å²) < 4.78 is 6.48. The summed E-state index contributed by atoms with van der Waals surface area (Å²) in [5, 5.41) is 5.96. The molecule has 2 rings (SSSR count). The fraction of sp³-hybridized carbons (Fsp3) is 0.300. The van der Waals surface area contributed by atoms with Crippen molar-refractivity contribution in [3.8, 4) is 5.75 Å². The first-order valence-corrected chi connectivity index (χ1v) is 9.66. The van der Waals surface area contributed by atoms with Gasteiger partial charge in [0.25, 0.3) is 5.91 Å². The minimum absolute atomic E-state index is 0.258. The lowest BCUT2D eigenvalue weighted by atomic mass is 10.1. The van der Waals surface area contributed by atoms with Crippen molar-refractivity contribution in [3.63, 3.8) is 0 Å². The quantitative estimate of drug-likeness (QED) is 0.604. The lowest BCUT2D eigenvalue weighted by molar-refractivity contribution is 0.0977. The minimum Gasteiger partial charge on any atom is -0.492 e. The van der Waals surface area contributed by atoms with Gasteiger partial charge >= 0.3 is 0 Å². The first kappa shape index (κ1) is 20.4. The van der Waals surface area contributed by atoms with Crippen molar-refractivity contribution in [1.82, 2.24) is 5.32 Å². The number of rotatable bonds is 6. The lowest BCUT2D eigenvalue weighted by Gasteiger charge is -2.12. The molecule has 0 fully saturated rings. The van der Waals surface area contributed by atoms with Gasteiger partial charge in [0.15, 0.2) is 5.11 Å². The second-order valence-electron chi connectivity index (χ2n) is 6.45. The average molecular weight is 435 g/mol. The molecule has 0 saturated heterocycles. The molecule has 0 aliphatic rings. The molecule has 2 aromatic rings. The zero-order valence-corrected chi connectivity index (χ0v) is 17.5. The van der Waals surface area contributed by atoms with E-state index in [0.717, 1.165) is 27.9 Å². The van der Waals surface area contributed by atoms with Crippen molar-refractivity contribution in [3.05, 3.63) is 58.1 Å². The number of anilines is 1. The number of hydrogen-bond donors (Lipinski definition) is 2. The largest absolute Gasteiger partial charge is 0.492 e. The molecule has 0 aliphatic heterocycles.